The molecule has 4 rings (SSSR count). The van der Waals surface area contributed by atoms with E-state index in [2.05, 4.69) is 39.6 Å². The summed E-state index contributed by atoms with van der Waals surface area (Å²) in [5.41, 5.74) is 3.94. The molecule has 4 heteroatoms. The summed E-state index contributed by atoms with van der Waals surface area (Å²) in [4.78, 5) is 8.93. The third-order valence-electron chi connectivity index (χ3n) is 3.89. The second-order valence-corrected chi connectivity index (χ2v) is 6.32. The standard InChI is InChI=1S/C21H16N2OS/c1-3-7-16(8-4-1)20(17-9-5-2-6-10-17)24-21-19(22-12-13-23-21)18-11-14-25-15-18/h1-15,20H. The van der Waals surface area contributed by atoms with Crippen LogP contribution in [0.4, 0.5) is 0 Å². The molecule has 3 nitrogen and oxygen atoms in total. The highest BCUT2D eigenvalue weighted by atomic mass is 32.1. The van der Waals surface area contributed by atoms with Gasteiger partial charge in [-0.05, 0) is 22.6 Å². The molecule has 0 amide bonds. The Kier molecular flexibility index (Phi) is 4.53. The van der Waals surface area contributed by atoms with Gasteiger partial charge in [-0.2, -0.15) is 11.3 Å². The van der Waals surface area contributed by atoms with Crippen molar-refractivity contribution in [2.24, 2.45) is 0 Å². The summed E-state index contributed by atoms with van der Waals surface area (Å²) < 4.78 is 6.37. The highest BCUT2D eigenvalue weighted by Crippen LogP contribution is 2.33. The molecule has 0 saturated carbocycles. The lowest BCUT2D eigenvalue weighted by molar-refractivity contribution is 0.237. The lowest BCUT2D eigenvalue weighted by Gasteiger charge is -2.20. The van der Waals surface area contributed by atoms with E-state index in [9.17, 15) is 0 Å². The predicted molar refractivity (Wildman–Crippen MR) is 101 cm³/mol. The van der Waals surface area contributed by atoms with Crippen molar-refractivity contribution in [1.82, 2.24) is 9.97 Å². The minimum Gasteiger partial charge on any atom is -0.463 e. The van der Waals surface area contributed by atoms with E-state index >= 15 is 0 Å². The van der Waals surface area contributed by atoms with Crippen LogP contribution in [-0.4, -0.2) is 9.97 Å². The fourth-order valence-corrected chi connectivity index (χ4v) is 3.35. The summed E-state index contributed by atoms with van der Waals surface area (Å²) in [6, 6.07) is 22.4. The number of ether oxygens (including phenoxy) is 1. The molecule has 0 radical (unpaired) electrons. The topological polar surface area (TPSA) is 35.0 Å². The van der Waals surface area contributed by atoms with Crippen molar-refractivity contribution < 1.29 is 4.74 Å². The summed E-state index contributed by atoms with van der Waals surface area (Å²) in [5.74, 6) is 0.540. The minimum atomic E-state index is -0.239. The maximum Gasteiger partial charge on any atom is 0.241 e. The van der Waals surface area contributed by atoms with Gasteiger partial charge in [-0.3, -0.25) is 0 Å². The van der Waals surface area contributed by atoms with Gasteiger partial charge in [0.2, 0.25) is 5.88 Å². The zero-order chi connectivity index (χ0) is 16.9. The normalized spacial score (nSPS) is 10.8. The molecule has 2 heterocycles. The molecule has 2 aromatic heterocycles. The lowest BCUT2D eigenvalue weighted by Crippen LogP contribution is -2.11. The van der Waals surface area contributed by atoms with Crippen LogP contribution in [0.2, 0.25) is 0 Å². The molecule has 0 unspecified atom stereocenters. The zero-order valence-electron chi connectivity index (χ0n) is 13.4. The predicted octanol–water partition coefficient (Wildman–Crippen LogP) is 5.37. The van der Waals surface area contributed by atoms with E-state index in [1.807, 2.05) is 47.8 Å². The number of aromatic nitrogens is 2. The van der Waals surface area contributed by atoms with Gasteiger partial charge >= 0.3 is 0 Å². The molecule has 25 heavy (non-hydrogen) atoms. The number of rotatable bonds is 5. The van der Waals surface area contributed by atoms with Gasteiger partial charge in [0.1, 0.15) is 5.69 Å². The quantitative estimate of drug-likeness (QED) is 0.488. The molecule has 0 saturated heterocycles. The van der Waals surface area contributed by atoms with E-state index in [1.54, 1.807) is 23.7 Å². The molecule has 0 aliphatic heterocycles. The Hall–Kier alpha value is -2.98. The van der Waals surface area contributed by atoms with Gasteiger partial charge in [-0.15, -0.1) is 0 Å². The fourth-order valence-electron chi connectivity index (χ4n) is 2.70. The van der Waals surface area contributed by atoms with Gasteiger partial charge in [0, 0.05) is 23.3 Å². The van der Waals surface area contributed by atoms with Crippen molar-refractivity contribution in [2.75, 3.05) is 0 Å². The molecule has 0 bridgehead atoms. The molecule has 122 valence electrons. The third kappa shape index (κ3) is 3.44. The van der Waals surface area contributed by atoms with Crippen LogP contribution in [0.1, 0.15) is 17.2 Å². The van der Waals surface area contributed by atoms with Crippen LogP contribution in [0.3, 0.4) is 0 Å². The zero-order valence-corrected chi connectivity index (χ0v) is 14.3. The van der Waals surface area contributed by atoms with Crippen LogP contribution >= 0.6 is 11.3 Å². The number of hydrogen-bond acceptors (Lipinski definition) is 4. The lowest BCUT2D eigenvalue weighted by atomic mass is 10.0. The molecular weight excluding hydrogens is 328 g/mol. The summed E-state index contributed by atoms with van der Waals surface area (Å²) in [6.07, 6.45) is 3.12. The first kappa shape index (κ1) is 15.5. The monoisotopic (exact) mass is 344 g/mol. The van der Waals surface area contributed by atoms with E-state index in [0.29, 0.717) is 5.88 Å². The van der Waals surface area contributed by atoms with Crippen LogP contribution in [0, 0.1) is 0 Å². The van der Waals surface area contributed by atoms with E-state index in [4.69, 9.17) is 4.74 Å². The smallest absolute Gasteiger partial charge is 0.241 e. The molecular formula is C21H16N2OS. The van der Waals surface area contributed by atoms with Crippen LogP contribution in [0.25, 0.3) is 11.3 Å². The number of thiophene rings is 1. The van der Waals surface area contributed by atoms with Crippen molar-refractivity contribution >= 4 is 11.3 Å². The van der Waals surface area contributed by atoms with Crippen molar-refractivity contribution in [3.63, 3.8) is 0 Å². The Morgan fingerprint density at radius 2 is 1.40 bits per heavy atom. The van der Waals surface area contributed by atoms with Crippen LogP contribution in [0.15, 0.2) is 89.9 Å². The number of hydrogen-bond donors (Lipinski definition) is 0. The van der Waals surface area contributed by atoms with Gasteiger partial charge in [-0.25, -0.2) is 9.97 Å². The first-order chi connectivity index (χ1) is 12.4. The minimum absolute atomic E-state index is 0.239. The molecule has 0 aliphatic rings. The van der Waals surface area contributed by atoms with Crippen molar-refractivity contribution in [3.8, 4) is 17.1 Å². The molecule has 4 aromatic rings. The fraction of sp³-hybridized carbons (Fsp3) is 0.0476. The summed E-state index contributed by atoms with van der Waals surface area (Å²) in [7, 11) is 0. The Morgan fingerprint density at radius 1 is 0.760 bits per heavy atom. The first-order valence-electron chi connectivity index (χ1n) is 8.02. The average Bonchev–Trinajstić information content (AvgIpc) is 3.22. The first-order valence-corrected chi connectivity index (χ1v) is 8.96. The summed E-state index contributed by atoms with van der Waals surface area (Å²) in [6.45, 7) is 0. The molecule has 0 N–H and O–H groups in total. The highest BCUT2D eigenvalue weighted by molar-refractivity contribution is 7.08. The van der Waals surface area contributed by atoms with Gasteiger partial charge in [0.05, 0.1) is 0 Å². The van der Waals surface area contributed by atoms with Gasteiger partial charge in [0.15, 0.2) is 6.10 Å². The van der Waals surface area contributed by atoms with Gasteiger partial charge in [0.25, 0.3) is 0 Å². The molecule has 0 aliphatic carbocycles. The van der Waals surface area contributed by atoms with Crippen molar-refractivity contribution in [2.45, 2.75) is 6.10 Å². The van der Waals surface area contributed by atoms with Crippen molar-refractivity contribution in [3.05, 3.63) is 101 Å². The van der Waals surface area contributed by atoms with Crippen LogP contribution < -0.4 is 4.74 Å². The number of benzene rings is 2. The second-order valence-electron chi connectivity index (χ2n) is 5.54. The Morgan fingerprint density at radius 3 is 2.00 bits per heavy atom. The van der Waals surface area contributed by atoms with Crippen LogP contribution in [-0.2, 0) is 0 Å². The molecule has 2 aromatic carbocycles. The summed E-state index contributed by atoms with van der Waals surface area (Å²) in [5, 5.41) is 4.08. The Labute approximate surface area is 150 Å². The van der Waals surface area contributed by atoms with Gasteiger partial charge in [-0.1, -0.05) is 60.7 Å². The largest absolute Gasteiger partial charge is 0.463 e. The molecule has 0 fully saturated rings. The van der Waals surface area contributed by atoms with Crippen molar-refractivity contribution in [1.29, 1.82) is 0 Å². The second kappa shape index (κ2) is 7.28. The maximum absolute atomic E-state index is 6.37. The van der Waals surface area contributed by atoms with Gasteiger partial charge < -0.3 is 4.74 Å². The van der Waals surface area contributed by atoms with E-state index < -0.39 is 0 Å². The average molecular weight is 344 g/mol. The van der Waals surface area contributed by atoms with Crippen LogP contribution in [0.5, 0.6) is 5.88 Å². The molecule has 0 atom stereocenters. The van der Waals surface area contributed by atoms with E-state index in [0.717, 1.165) is 22.4 Å². The van der Waals surface area contributed by atoms with E-state index in [-0.39, 0.29) is 6.10 Å². The number of nitrogens with zero attached hydrogens (tertiary/aromatic N) is 2. The summed E-state index contributed by atoms with van der Waals surface area (Å²) >= 11 is 1.63. The Balaban J connectivity index is 1.76. The third-order valence-corrected chi connectivity index (χ3v) is 4.58. The maximum atomic E-state index is 6.37. The molecule has 0 spiro atoms. The Bertz CT molecular complexity index is 885. The highest BCUT2D eigenvalue weighted by Gasteiger charge is 2.19. The SMILES string of the molecule is c1ccc(C(Oc2nccnc2-c2ccsc2)c2ccccc2)cc1. The van der Waals surface area contributed by atoms with E-state index in [1.165, 1.54) is 0 Å².